The van der Waals surface area contributed by atoms with Gasteiger partial charge in [-0.1, -0.05) is 19.3 Å². The number of primary amides is 1. The number of imidazole rings is 1. The second-order valence-electron chi connectivity index (χ2n) is 7.01. The number of nitrogens with two attached hydrogens (primary N) is 1. The number of benzene rings is 1. The Morgan fingerprint density at radius 3 is 2.57 bits per heavy atom. The molecule has 1 aromatic carbocycles. The summed E-state index contributed by atoms with van der Waals surface area (Å²) in [5.41, 5.74) is 6.76. The average molecular weight is 381 g/mol. The number of nitrogens with zero attached hydrogens (tertiary/aromatic N) is 3. The van der Waals surface area contributed by atoms with Crippen LogP contribution in [-0.4, -0.2) is 32.0 Å². The molecule has 1 amide bonds. The van der Waals surface area contributed by atoms with Crippen LogP contribution in [-0.2, 0) is 0 Å². The molecule has 3 N–H and O–H groups in total. The van der Waals surface area contributed by atoms with Gasteiger partial charge in [0.25, 0.3) is 5.91 Å². The number of amides is 1. The molecule has 0 bridgehead atoms. The maximum absolute atomic E-state index is 12.6. The number of carbonyl (C=O) groups excluding carboxylic acids is 1. The van der Waals surface area contributed by atoms with Crippen molar-refractivity contribution in [1.82, 2.24) is 19.5 Å². The van der Waals surface area contributed by atoms with Crippen LogP contribution in [0, 0.1) is 0 Å². The van der Waals surface area contributed by atoms with Gasteiger partial charge in [-0.3, -0.25) is 9.36 Å². The first-order chi connectivity index (χ1) is 13.6. The quantitative estimate of drug-likeness (QED) is 0.705. The lowest BCUT2D eigenvalue weighted by atomic mass is 9.95. The van der Waals surface area contributed by atoms with Crippen LogP contribution in [0.15, 0.2) is 29.1 Å². The Labute approximate surface area is 161 Å². The minimum Gasteiger partial charge on any atom is -0.494 e. The number of rotatable bonds is 5. The first-order valence-electron chi connectivity index (χ1n) is 9.63. The number of hydrogen-bond acceptors (Lipinski definition) is 5. The molecule has 1 saturated carbocycles. The molecule has 8 nitrogen and oxygen atoms in total. The largest absolute Gasteiger partial charge is 0.494 e. The number of nitrogens with one attached hydrogen (secondary N) is 1. The van der Waals surface area contributed by atoms with Gasteiger partial charge in [-0.25, -0.2) is 14.8 Å². The van der Waals surface area contributed by atoms with Crippen LogP contribution in [0.2, 0.25) is 0 Å². The van der Waals surface area contributed by atoms with E-state index in [1.54, 1.807) is 4.57 Å². The van der Waals surface area contributed by atoms with E-state index in [1.165, 1.54) is 6.42 Å². The van der Waals surface area contributed by atoms with Crippen molar-refractivity contribution in [2.24, 2.45) is 5.73 Å². The Morgan fingerprint density at radius 1 is 1.21 bits per heavy atom. The molecule has 0 atom stereocenters. The van der Waals surface area contributed by atoms with Crippen molar-refractivity contribution in [3.8, 4) is 17.1 Å². The highest BCUT2D eigenvalue weighted by atomic mass is 16.5. The van der Waals surface area contributed by atoms with Gasteiger partial charge >= 0.3 is 5.69 Å². The van der Waals surface area contributed by atoms with Gasteiger partial charge in [0.2, 0.25) is 0 Å². The minimum atomic E-state index is -0.698. The number of H-pyrrole nitrogens is 1. The minimum absolute atomic E-state index is 0.0283. The molecule has 1 fully saturated rings. The fourth-order valence-corrected chi connectivity index (χ4v) is 3.85. The molecular formula is C20H23N5O3. The van der Waals surface area contributed by atoms with E-state index < -0.39 is 5.91 Å². The molecule has 1 aliphatic rings. The Bertz CT molecular complexity index is 1060. The van der Waals surface area contributed by atoms with Gasteiger partial charge in [-0.15, -0.1) is 0 Å². The van der Waals surface area contributed by atoms with Gasteiger partial charge in [0.1, 0.15) is 11.3 Å². The van der Waals surface area contributed by atoms with Crippen molar-refractivity contribution in [1.29, 1.82) is 0 Å². The second-order valence-corrected chi connectivity index (χ2v) is 7.01. The lowest BCUT2D eigenvalue weighted by Gasteiger charge is -2.22. The summed E-state index contributed by atoms with van der Waals surface area (Å²) in [6.45, 7) is 2.49. The third-order valence-electron chi connectivity index (χ3n) is 5.17. The van der Waals surface area contributed by atoms with Gasteiger partial charge < -0.3 is 15.5 Å². The summed E-state index contributed by atoms with van der Waals surface area (Å²) < 4.78 is 7.13. The molecule has 8 heteroatoms. The number of carbonyl (C=O) groups is 1. The van der Waals surface area contributed by atoms with E-state index in [0.29, 0.717) is 23.6 Å². The van der Waals surface area contributed by atoms with Crippen LogP contribution in [0.1, 0.15) is 55.6 Å². The summed E-state index contributed by atoms with van der Waals surface area (Å²) in [6.07, 6.45) is 5.15. The van der Waals surface area contributed by atoms with Gasteiger partial charge in [-0.05, 0) is 44.0 Å². The van der Waals surface area contributed by atoms with E-state index in [2.05, 4.69) is 15.0 Å². The third kappa shape index (κ3) is 3.26. The van der Waals surface area contributed by atoms with Crippen molar-refractivity contribution in [3.05, 3.63) is 40.4 Å². The summed E-state index contributed by atoms with van der Waals surface area (Å²) in [6, 6.07) is 7.36. The predicted octanol–water partition coefficient (Wildman–Crippen LogP) is 2.79. The van der Waals surface area contributed by atoms with E-state index in [4.69, 9.17) is 10.5 Å². The third-order valence-corrected chi connectivity index (χ3v) is 5.17. The van der Waals surface area contributed by atoms with Gasteiger partial charge in [0, 0.05) is 11.6 Å². The zero-order valence-electron chi connectivity index (χ0n) is 15.8. The fraction of sp³-hybridized carbons (Fsp3) is 0.400. The van der Waals surface area contributed by atoms with Crippen molar-refractivity contribution in [2.75, 3.05) is 6.61 Å². The highest BCUT2D eigenvalue weighted by molar-refractivity contribution is 6.01. The van der Waals surface area contributed by atoms with Crippen molar-refractivity contribution in [3.63, 3.8) is 0 Å². The smallest absolute Gasteiger partial charge is 0.327 e. The summed E-state index contributed by atoms with van der Waals surface area (Å²) in [5.74, 6) is 0.396. The summed E-state index contributed by atoms with van der Waals surface area (Å²) in [7, 11) is 0. The first kappa shape index (κ1) is 18.2. The standard InChI is InChI=1S/C20H23N5O3/c1-2-28-14-10-8-12(9-11-14)18-22-15(17(21)26)16-19(24-18)25(20(27)23-16)13-6-4-3-5-7-13/h8-11,13H,2-7H2,1H3,(H2,21,26)(H,23,27). The zero-order valence-corrected chi connectivity index (χ0v) is 15.8. The lowest BCUT2D eigenvalue weighted by Crippen LogP contribution is -2.24. The summed E-state index contributed by atoms with van der Waals surface area (Å²) in [5, 5.41) is 0. The van der Waals surface area contributed by atoms with Crippen LogP contribution in [0.5, 0.6) is 5.75 Å². The molecule has 0 aliphatic heterocycles. The normalized spacial score (nSPS) is 15.0. The number of fused-ring (bicyclic) bond motifs is 1. The van der Waals surface area contributed by atoms with Crippen LogP contribution in [0.25, 0.3) is 22.6 Å². The molecule has 0 unspecified atom stereocenters. The molecular weight excluding hydrogens is 358 g/mol. The highest BCUT2D eigenvalue weighted by Crippen LogP contribution is 2.30. The van der Waals surface area contributed by atoms with E-state index >= 15 is 0 Å². The van der Waals surface area contributed by atoms with Gasteiger partial charge in [0.05, 0.1) is 6.61 Å². The number of ether oxygens (including phenoxy) is 1. The SMILES string of the molecule is CCOc1ccc(-c2nc(C(N)=O)c3[nH]c(=O)n(C4CCCCC4)c3n2)cc1. The molecule has 2 heterocycles. The Balaban J connectivity index is 1.87. The lowest BCUT2D eigenvalue weighted by molar-refractivity contribution is 0.0997. The number of hydrogen-bond donors (Lipinski definition) is 2. The average Bonchev–Trinajstić information content (AvgIpc) is 3.04. The Kier molecular flexibility index (Phi) is 4.85. The molecule has 2 aromatic heterocycles. The molecule has 0 spiro atoms. The van der Waals surface area contributed by atoms with Crippen molar-refractivity contribution >= 4 is 17.1 Å². The first-order valence-corrected chi connectivity index (χ1v) is 9.63. The Morgan fingerprint density at radius 2 is 1.93 bits per heavy atom. The van der Waals surface area contributed by atoms with Crippen molar-refractivity contribution < 1.29 is 9.53 Å². The molecule has 3 aromatic rings. The van der Waals surface area contributed by atoms with Gasteiger partial charge in [0.15, 0.2) is 17.2 Å². The van der Waals surface area contributed by atoms with Crippen LogP contribution in [0.4, 0.5) is 0 Å². The van der Waals surface area contributed by atoms with Gasteiger partial charge in [-0.2, -0.15) is 0 Å². The van der Waals surface area contributed by atoms with Crippen LogP contribution in [0.3, 0.4) is 0 Å². The van der Waals surface area contributed by atoms with E-state index in [-0.39, 0.29) is 17.4 Å². The molecule has 1 aliphatic carbocycles. The topological polar surface area (TPSA) is 116 Å². The summed E-state index contributed by atoms with van der Waals surface area (Å²) >= 11 is 0. The van der Waals surface area contributed by atoms with E-state index in [9.17, 15) is 9.59 Å². The molecule has 0 saturated heterocycles. The second kappa shape index (κ2) is 7.46. The van der Waals surface area contributed by atoms with Crippen LogP contribution < -0.4 is 16.2 Å². The number of aromatic amines is 1. The zero-order chi connectivity index (χ0) is 19.7. The fourth-order valence-electron chi connectivity index (χ4n) is 3.85. The number of aromatic nitrogens is 4. The predicted molar refractivity (Wildman–Crippen MR) is 105 cm³/mol. The monoisotopic (exact) mass is 381 g/mol. The molecule has 4 rings (SSSR count). The van der Waals surface area contributed by atoms with Crippen molar-refractivity contribution in [2.45, 2.75) is 45.1 Å². The molecule has 28 heavy (non-hydrogen) atoms. The van der Waals surface area contributed by atoms with E-state index in [1.807, 2.05) is 31.2 Å². The molecule has 146 valence electrons. The highest BCUT2D eigenvalue weighted by Gasteiger charge is 2.24. The Hall–Kier alpha value is -3.16. The maximum Gasteiger partial charge on any atom is 0.327 e. The molecule has 0 radical (unpaired) electrons. The van der Waals surface area contributed by atoms with E-state index in [0.717, 1.165) is 37.0 Å². The van der Waals surface area contributed by atoms with Crippen LogP contribution >= 0.6 is 0 Å². The maximum atomic E-state index is 12.6. The summed E-state index contributed by atoms with van der Waals surface area (Å²) in [4.78, 5) is 36.4.